The molecule has 3 aliphatic rings. The van der Waals surface area contributed by atoms with E-state index in [1.165, 1.54) is 4.68 Å². The third kappa shape index (κ3) is 3.65. The van der Waals surface area contributed by atoms with Gasteiger partial charge in [0.1, 0.15) is 5.60 Å². The van der Waals surface area contributed by atoms with Crippen LogP contribution in [-0.2, 0) is 22.3 Å². The predicted octanol–water partition coefficient (Wildman–Crippen LogP) is 4.25. The third-order valence-electron chi connectivity index (χ3n) is 6.41. The van der Waals surface area contributed by atoms with E-state index in [2.05, 4.69) is 20.9 Å². The van der Waals surface area contributed by atoms with Crippen LogP contribution in [0.2, 0.25) is 0 Å². The molecule has 1 saturated carbocycles. The number of hydroxylamine groups is 1. The summed E-state index contributed by atoms with van der Waals surface area (Å²) >= 11 is 0. The quantitative estimate of drug-likeness (QED) is 0.745. The molecule has 0 bridgehead atoms. The van der Waals surface area contributed by atoms with Crippen LogP contribution in [0.4, 0.5) is 18.9 Å². The van der Waals surface area contributed by atoms with E-state index in [-0.39, 0.29) is 17.3 Å². The van der Waals surface area contributed by atoms with Crippen molar-refractivity contribution in [3.05, 3.63) is 23.5 Å². The Labute approximate surface area is 177 Å². The number of pyridine rings is 1. The molecule has 31 heavy (non-hydrogen) atoms. The Hall–Kier alpha value is -2.33. The summed E-state index contributed by atoms with van der Waals surface area (Å²) in [4.78, 5) is 9.88. The molecule has 0 unspecified atom stereocenters. The molecule has 0 amide bonds. The van der Waals surface area contributed by atoms with Gasteiger partial charge in [0.25, 0.3) is 0 Å². The predicted molar refractivity (Wildman–Crippen MR) is 109 cm³/mol. The molecular formula is C21H26F3N5O2. The minimum atomic E-state index is -4.63. The molecule has 2 N–H and O–H groups in total. The second-order valence-electron chi connectivity index (χ2n) is 8.47. The molecule has 2 aliphatic heterocycles. The van der Waals surface area contributed by atoms with Crippen LogP contribution < -0.4 is 10.8 Å². The Kier molecular flexibility index (Phi) is 5.09. The molecule has 5 rings (SSSR count). The topological polar surface area (TPSA) is 73.2 Å². The van der Waals surface area contributed by atoms with Crippen LogP contribution in [0.15, 0.2) is 12.3 Å². The summed E-state index contributed by atoms with van der Waals surface area (Å²) in [6, 6.07) is 0.00697. The summed E-state index contributed by atoms with van der Waals surface area (Å²) in [5.74, 6) is 0. The van der Waals surface area contributed by atoms with Crippen molar-refractivity contribution in [2.45, 2.75) is 69.8 Å². The van der Waals surface area contributed by atoms with Gasteiger partial charge in [-0.05, 0) is 38.7 Å². The van der Waals surface area contributed by atoms with Gasteiger partial charge >= 0.3 is 6.18 Å². The lowest BCUT2D eigenvalue weighted by Crippen LogP contribution is -2.29. The highest BCUT2D eigenvalue weighted by atomic mass is 19.4. The van der Waals surface area contributed by atoms with Crippen LogP contribution in [0, 0.1) is 0 Å². The number of nitrogens with zero attached hydrogens (tertiary/aromatic N) is 3. The maximum atomic E-state index is 14.3. The fraction of sp³-hybridized carbons (Fsp3) is 0.619. The Morgan fingerprint density at radius 3 is 2.68 bits per heavy atom. The van der Waals surface area contributed by atoms with Crippen LogP contribution in [0.1, 0.15) is 56.7 Å². The SMILES string of the molecule is CCn1ncc2c(NC3CCOCC3)c(C3=CC4(CCCC4)ON3)c(C(F)(F)F)nc21. The van der Waals surface area contributed by atoms with E-state index in [1.54, 1.807) is 6.20 Å². The fourth-order valence-corrected chi connectivity index (χ4v) is 4.80. The van der Waals surface area contributed by atoms with Gasteiger partial charge in [-0.15, -0.1) is 0 Å². The Balaban J connectivity index is 1.71. The number of nitrogens with one attached hydrogen (secondary N) is 2. The van der Waals surface area contributed by atoms with Gasteiger partial charge in [-0.1, -0.05) is 12.8 Å². The van der Waals surface area contributed by atoms with Crippen molar-refractivity contribution in [2.24, 2.45) is 0 Å². The number of fused-ring (bicyclic) bond motifs is 1. The lowest BCUT2D eigenvalue weighted by Gasteiger charge is -2.27. The molecule has 0 radical (unpaired) electrons. The maximum absolute atomic E-state index is 14.3. The second-order valence-corrected chi connectivity index (χ2v) is 8.47. The number of halogens is 3. The largest absolute Gasteiger partial charge is 0.434 e. The average Bonchev–Trinajstić information content (AvgIpc) is 3.48. The fourth-order valence-electron chi connectivity index (χ4n) is 4.80. The number of rotatable bonds is 4. The van der Waals surface area contributed by atoms with Crippen LogP contribution in [0.25, 0.3) is 16.7 Å². The molecule has 2 fully saturated rings. The van der Waals surface area contributed by atoms with Crippen molar-refractivity contribution in [3.63, 3.8) is 0 Å². The normalized spacial score (nSPS) is 21.6. The highest BCUT2D eigenvalue weighted by Gasteiger charge is 2.44. The molecule has 0 atom stereocenters. The van der Waals surface area contributed by atoms with Gasteiger partial charge in [-0.2, -0.15) is 18.3 Å². The number of hydrogen-bond acceptors (Lipinski definition) is 6. The van der Waals surface area contributed by atoms with Crippen molar-refractivity contribution in [3.8, 4) is 0 Å². The van der Waals surface area contributed by atoms with Crippen LogP contribution in [0.3, 0.4) is 0 Å². The molecule has 2 aromatic rings. The highest BCUT2D eigenvalue weighted by Crippen LogP contribution is 2.45. The summed E-state index contributed by atoms with van der Waals surface area (Å²) in [7, 11) is 0. The smallest absolute Gasteiger partial charge is 0.381 e. The van der Waals surface area contributed by atoms with Crippen molar-refractivity contribution in [1.82, 2.24) is 20.2 Å². The van der Waals surface area contributed by atoms with E-state index >= 15 is 0 Å². The number of aromatic nitrogens is 3. The molecular weight excluding hydrogens is 411 g/mol. The molecule has 1 spiro atoms. The van der Waals surface area contributed by atoms with Crippen molar-refractivity contribution >= 4 is 22.4 Å². The Morgan fingerprint density at radius 1 is 1.26 bits per heavy atom. The molecule has 1 saturated heterocycles. The minimum Gasteiger partial charge on any atom is -0.381 e. The molecule has 2 aromatic heterocycles. The van der Waals surface area contributed by atoms with Crippen molar-refractivity contribution in [2.75, 3.05) is 18.5 Å². The maximum Gasteiger partial charge on any atom is 0.434 e. The van der Waals surface area contributed by atoms with Gasteiger partial charge in [0.2, 0.25) is 0 Å². The van der Waals surface area contributed by atoms with Crippen LogP contribution in [-0.4, -0.2) is 39.6 Å². The molecule has 4 heterocycles. The molecule has 0 aromatic carbocycles. The van der Waals surface area contributed by atoms with Gasteiger partial charge in [-0.25, -0.2) is 9.67 Å². The van der Waals surface area contributed by atoms with E-state index in [0.717, 1.165) is 38.5 Å². The Bertz CT molecular complexity index is 1000. The van der Waals surface area contributed by atoms with Crippen molar-refractivity contribution < 1.29 is 22.7 Å². The first kappa shape index (κ1) is 20.6. The molecule has 10 heteroatoms. The van der Waals surface area contributed by atoms with Gasteiger partial charge in [0, 0.05) is 25.8 Å². The van der Waals surface area contributed by atoms with E-state index in [4.69, 9.17) is 9.57 Å². The number of anilines is 1. The number of aryl methyl sites for hydroxylation is 1. The van der Waals surface area contributed by atoms with E-state index in [0.29, 0.717) is 36.5 Å². The van der Waals surface area contributed by atoms with E-state index < -0.39 is 17.5 Å². The second kappa shape index (κ2) is 7.67. The number of alkyl halides is 3. The van der Waals surface area contributed by atoms with E-state index in [1.807, 2.05) is 13.0 Å². The van der Waals surface area contributed by atoms with Gasteiger partial charge < -0.3 is 10.1 Å². The molecule has 168 valence electrons. The standard InChI is InChI=1S/C21H26F3N5O2/c1-2-29-19-14(12-25-29)17(26-13-5-9-30-10-6-13)16(18(27-19)21(22,23)24)15-11-20(31-28-15)7-3-4-8-20/h11-13,28H,2-10H2,1H3,(H,26,27). The number of ether oxygens (including phenoxy) is 1. The minimum absolute atomic E-state index is 0.00548. The summed E-state index contributed by atoms with van der Waals surface area (Å²) in [5, 5.41) is 8.24. The zero-order valence-electron chi connectivity index (χ0n) is 17.4. The first-order valence-electron chi connectivity index (χ1n) is 10.9. The van der Waals surface area contributed by atoms with Crippen LogP contribution >= 0.6 is 0 Å². The molecule has 7 nitrogen and oxygen atoms in total. The first-order valence-corrected chi connectivity index (χ1v) is 10.9. The van der Waals surface area contributed by atoms with E-state index in [9.17, 15) is 13.2 Å². The summed E-state index contributed by atoms with van der Waals surface area (Å²) in [5.41, 5.74) is 2.29. The summed E-state index contributed by atoms with van der Waals surface area (Å²) in [6.45, 7) is 3.42. The summed E-state index contributed by atoms with van der Waals surface area (Å²) < 4.78 is 49.7. The zero-order chi connectivity index (χ0) is 21.6. The number of hydrogen-bond donors (Lipinski definition) is 2. The monoisotopic (exact) mass is 437 g/mol. The van der Waals surface area contributed by atoms with Crippen molar-refractivity contribution in [1.29, 1.82) is 0 Å². The highest BCUT2D eigenvalue weighted by molar-refractivity contribution is 5.97. The van der Waals surface area contributed by atoms with Gasteiger partial charge in [0.05, 0.1) is 28.5 Å². The zero-order valence-corrected chi connectivity index (χ0v) is 17.4. The average molecular weight is 437 g/mol. The Morgan fingerprint density at radius 2 is 2.00 bits per heavy atom. The third-order valence-corrected chi connectivity index (χ3v) is 6.41. The lowest BCUT2D eigenvalue weighted by molar-refractivity contribution is -0.141. The summed E-state index contributed by atoms with van der Waals surface area (Å²) in [6.07, 6.45) is 3.78. The molecule has 1 aliphatic carbocycles. The first-order chi connectivity index (χ1) is 14.9. The van der Waals surface area contributed by atoms with Crippen LogP contribution in [0.5, 0.6) is 0 Å². The van der Waals surface area contributed by atoms with Gasteiger partial charge in [0.15, 0.2) is 11.3 Å². The van der Waals surface area contributed by atoms with Gasteiger partial charge in [-0.3, -0.25) is 10.3 Å². The lowest BCUT2D eigenvalue weighted by atomic mass is 9.97.